The highest BCUT2D eigenvalue weighted by Crippen LogP contribution is 2.20. The molecule has 0 unspecified atom stereocenters. The molecule has 1 N–H and O–H groups in total. The summed E-state index contributed by atoms with van der Waals surface area (Å²) in [5.41, 5.74) is 0.893. The molecule has 0 spiro atoms. The van der Waals surface area contributed by atoms with Crippen LogP contribution in [0, 0.1) is 0 Å². The maximum absolute atomic E-state index is 11.6. The maximum Gasteiger partial charge on any atom is 0.322 e. The Kier molecular flexibility index (Phi) is 4.70. The van der Waals surface area contributed by atoms with Gasteiger partial charge in [-0.15, -0.1) is 0 Å². The molecule has 3 heteroatoms. The lowest BCUT2D eigenvalue weighted by molar-refractivity contribution is -0.145. The number of rotatable bonds is 5. The van der Waals surface area contributed by atoms with E-state index in [2.05, 4.69) is 19.2 Å². The normalized spacial score (nSPS) is 13.2. The van der Waals surface area contributed by atoms with Crippen LogP contribution in [0.15, 0.2) is 30.3 Å². The van der Waals surface area contributed by atoms with Crippen molar-refractivity contribution in [2.75, 3.05) is 6.61 Å². The van der Waals surface area contributed by atoms with Crippen LogP contribution < -0.4 is 5.32 Å². The van der Waals surface area contributed by atoms with Crippen LogP contribution in [0.5, 0.6) is 0 Å². The predicted octanol–water partition coefficient (Wildman–Crippen LogP) is 2.46. The van der Waals surface area contributed by atoms with Crippen LogP contribution in [0.25, 0.3) is 0 Å². The van der Waals surface area contributed by atoms with Gasteiger partial charge in [-0.1, -0.05) is 30.3 Å². The Bertz CT molecular complexity index is 360. The molecule has 3 nitrogen and oxygen atoms in total. The Morgan fingerprint density at radius 1 is 1.35 bits per heavy atom. The molecule has 0 fully saturated rings. The van der Waals surface area contributed by atoms with E-state index in [1.54, 1.807) is 0 Å². The average molecular weight is 235 g/mol. The van der Waals surface area contributed by atoms with Crippen molar-refractivity contribution >= 4 is 5.97 Å². The van der Waals surface area contributed by atoms with E-state index in [-0.39, 0.29) is 17.6 Å². The van der Waals surface area contributed by atoms with Crippen molar-refractivity contribution in [1.29, 1.82) is 0 Å². The number of hydrogen-bond donors (Lipinski definition) is 1. The molecule has 1 aromatic rings. The molecule has 1 rings (SSSR count). The number of benzene rings is 1. The summed E-state index contributed by atoms with van der Waals surface area (Å²) < 4.78 is 4.98. The highest BCUT2D eigenvalue weighted by atomic mass is 16.5. The largest absolute Gasteiger partial charge is 0.465 e. The molecule has 0 saturated carbocycles. The summed E-state index contributed by atoms with van der Waals surface area (Å²) in [6.45, 7) is 8.16. The lowest BCUT2D eigenvalue weighted by Crippen LogP contribution is -2.46. The van der Waals surface area contributed by atoms with Crippen LogP contribution in [-0.2, 0) is 15.1 Å². The van der Waals surface area contributed by atoms with Gasteiger partial charge in [-0.05, 0) is 33.3 Å². The fourth-order valence-corrected chi connectivity index (χ4v) is 1.81. The molecule has 0 saturated heterocycles. The molecule has 0 heterocycles. The summed E-state index contributed by atoms with van der Waals surface area (Å²) in [7, 11) is 0. The second-order valence-electron chi connectivity index (χ2n) is 4.61. The zero-order valence-electron chi connectivity index (χ0n) is 11.0. The highest BCUT2D eigenvalue weighted by Gasteiger charge is 2.25. The van der Waals surface area contributed by atoms with Gasteiger partial charge in [-0.25, -0.2) is 0 Å². The van der Waals surface area contributed by atoms with Gasteiger partial charge in [0.1, 0.15) is 6.04 Å². The van der Waals surface area contributed by atoms with Crippen LogP contribution in [0.4, 0.5) is 0 Å². The van der Waals surface area contributed by atoms with Crippen LogP contribution in [0.3, 0.4) is 0 Å². The predicted molar refractivity (Wildman–Crippen MR) is 68.7 cm³/mol. The van der Waals surface area contributed by atoms with Crippen LogP contribution in [0.1, 0.15) is 33.3 Å². The van der Waals surface area contributed by atoms with Crippen molar-refractivity contribution in [1.82, 2.24) is 5.32 Å². The van der Waals surface area contributed by atoms with E-state index in [0.29, 0.717) is 6.61 Å². The van der Waals surface area contributed by atoms with Gasteiger partial charge in [0.15, 0.2) is 0 Å². The number of carbonyl (C=O) groups excluding carboxylic acids is 1. The van der Waals surface area contributed by atoms with Gasteiger partial charge in [0, 0.05) is 5.54 Å². The van der Waals surface area contributed by atoms with Crippen molar-refractivity contribution < 1.29 is 9.53 Å². The van der Waals surface area contributed by atoms with Gasteiger partial charge < -0.3 is 4.74 Å². The third-order valence-corrected chi connectivity index (χ3v) is 2.71. The lowest BCUT2D eigenvalue weighted by Gasteiger charge is -2.29. The van der Waals surface area contributed by atoms with Crippen molar-refractivity contribution in [2.45, 2.75) is 39.3 Å². The third-order valence-electron chi connectivity index (χ3n) is 2.71. The topological polar surface area (TPSA) is 38.3 Å². The molecule has 0 aliphatic carbocycles. The first-order chi connectivity index (χ1) is 7.97. The minimum absolute atomic E-state index is 0.212. The maximum atomic E-state index is 11.6. The fraction of sp³-hybridized carbons (Fsp3) is 0.500. The molecule has 0 amide bonds. The van der Waals surface area contributed by atoms with Crippen LogP contribution in [-0.4, -0.2) is 18.6 Å². The van der Waals surface area contributed by atoms with Gasteiger partial charge in [-0.3, -0.25) is 10.1 Å². The molecule has 0 bridgehead atoms. The lowest BCUT2D eigenvalue weighted by atomic mass is 9.93. The van der Waals surface area contributed by atoms with Crippen LogP contribution in [0.2, 0.25) is 0 Å². The molecular formula is C14H21NO2. The summed E-state index contributed by atoms with van der Waals surface area (Å²) in [5, 5.41) is 3.28. The Hall–Kier alpha value is -1.35. The number of nitrogens with one attached hydrogen (secondary N) is 1. The molecule has 0 aliphatic rings. The highest BCUT2D eigenvalue weighted by molar-refractivity contribution is 5.75. The summed E-state index contributed by atoms with van der Waals surface area (Å²) in [5.74, 6) is -0.212. The summed E-state index contributed by atoms with van der Waals surface area (Å²) in [6.07, 6.45) is 0. The standard InChI is InChI=1S/C14H21NO2/c1-5-17-13(16)11(2)15-14(3,4)12-9-7-6-8-10-12/h6-11,15H,5H2,1-4H3/t11-/m1/s1. The van der Waals surface area contributed by atoms with Crippen molar-refractivity contribution in [2.24, 2.45) is 0 Å². The van der Waals surface area contributed by atoms with E-state index in [1.807, 2.05) is 44.2 Å². The quantitative estimate of drug-likeness (QED) is 0.797. The van der Waals surface area contributed by atoms with Gasteiger partial charge in [0.2, 0.25) is 0 Å². The molecule has 94 valence electrons. The Morgan fingerprint density at radius 2 is 1.94 bits per heavy atom. The van der Waals surface area contributed by atoms with E-state index >= 15 is 0 Å². The Labute approximate surface area is 103 Å². The van der Waals surface area contributed by atoms with E-state index in [1.165, 1.54) is 0 Å². The monoisotopic (exact) mass is 235 g/mol. The number of hydrogen-bond acceptors (Lipinski definition) is 3. The van der Waals surface area contributed by atoms with E-state index in [4.69, 9.17) is 4.74 Å². The number of esters is 1. The summed E-state index contributed by atoms with van der Waals surface area (Å²) in [6, 6.07) is 9.75. The summed E-state index contributed by atoms with van der Waals surface area (Å²) in [4.78, 5) is 11.6. The average Bonchev–Trinajstić information content (AvgIpc) is 2.30. The second kappa shape index (κ2) is 5.82. The van der Waals surface area contributed by atoms with Gasteiger partial charge in [-0.2, -0.15) is 0 Å². The first kappa shape index (κ1) is 13.7. The third kappa shape index (κ3) is 3.86. The van der Waals surface area contributed by atoms with E-state index in [9.17, 15) is 4.79 Å². The zero-order chi connectivity index (χ0) is 12.9. The van der Waals surface area contributed by atoms with E-state index in [0.717, 1.165) is 5.56 Å². The molecule has 0 radical (unpaired) electrons. The first-order valence-corrected chi connectivity index (χ1v) is 5.97. The van der Waals surface area contributed by atoms with Crippen LogP contribution >= 0.6 is 0 Å². The molecule has 1 aromatic carbocycles. The fourth-order valence-electron chi connectivity index (χ4n) is 1.81. The summed E-state index contributed by atoms with van der Waals surface area (Å²) >= 11 is 0. The minimum atomic E-state index is -0.315. The molecule has 17 heavy (non-hydrogen) atoms. The van der Waals surface area contributed by atoms with Gasteiger partial charge in [0.25, 0.3) is 0 Å². The number of carbonyl (C=O) groups is 1. The Morgan fingerprint density at radius 3 is 2.47 bits per heavy atom. The van der Waals surface area contributed by atoms with Crippen molar-refractivity contribution in [3.8, 4) is 0 Å². The first-order valence-electron chi connectivity index (χ1n) is 5.97. The zero-order valence-corrected chi connectivity index (χ0v) is 11.0. The SMILES string of the molecule is CCOC(=O)[C@@H](C)NC(C)(C)c1ccccc1. The molecular weight excluding hydrogens is 214 g/mol. The van der Waals surface area contributed by atoms with Gasteiger partial charge in [0.05, 0.1) is 6.61 Å². The van der Waals surface area contributed by atoms with E-state index < -0.39 is 0 Å². The van der Waals surface area contributed by atoms with Crippen molar-refractivity contribution in [3.63, 3.8) is 0 Å². The number of ether oxygens (including phenoxy) is 1. The van der Waals surface area contributed by atoms with Crippen molar-refractivity contribution in [3.05, 3.63) is 35.9 Å². The minimum Gasteiger partial charge on any atom is -0.465 e. The Balaban J connectivity index is 2.70. The second-order valence-corrected chi connectivity index (χ2v) is 4.61. The molecule has 0 aromatic heterocycles. The smallest absolute Gasteiger partial charge is 0.322 e. The molecule has 0 aliphatic heterocycles. The molecule has 1 atom stereocenters. The van der Waals surface area contributed by atoms with Gasteiger partial charge >= 0.3 is 5.97 Å².